The standard InChI is InChI=1S/C19H22N2O4/c1-12-5-10-16(13(2)20-12)19(23)21-17(11-18(22)25-4)14-6-8-15(24-3)9-7-14/h5-10,17H,11H2,1-4H3,(H,21,23)/t17-/m1/s1. The van der Waals surface area contributed by atoms with Gasteiger partial charge in [0.25, 0.3) is 5.91 Å². The number of hydrogen-bond acceptors (Lipinski definition) is 5. The second-order valence-electron chi connectivity index (χ2n) is 5.67. The molecule has 0 bridgehead atoms. The van der Waals surface area contributed by atoms with Crippen LogP contribution in [0.15, 0.2) is 36.4 Å². The van der Waals surface area contributed by atoms with Gasteiger partial charge in [-0.25, -0.2) is 0 Å². The summed E-state index contributed by atoms with van der Waals surface area (Å²) in [6.07, 6.45) is 0.0346. The monoisotopic (exact) mass is 342 g/mol. The van der Waals surface area contributed by atoms with E-state index in [2.05, 4.69) is 10.3 Å². The molecule has 0 aliphatic rings. The first kappa shape index (κ1) is 18.4. The van der Waals surface area contributed by atoms with Crippen molar-refractivity contribution in [3.8, 4) is 5.75 Å². The molecule has 0 saturated heterocycles. The van der Waals surface area contributed by atoms with Crippen LogP contribution in [0.3, 0.4) is 0 Å². The highest BCUT2D eigenvalue weighted by Crippen LogP contribution is 2.21. The SMILES string of the molecule is COC(=O)C[C@@H](NC(=O)c1ccc(C)nc1C)c1ccc(OC)cc1. The van der Waals surface area contributed by atoms with Crippen LogP contribution in [0.2, 0.25) is 0 Å². The Kier molecular flexibility index (Phi) is 6.11. The lowest BCUT2D eigenvalue weighted by Crippen LogP contribution is -2.31. The van der Waals surface area contributed by atoms with E-state index in [9.17, 15) is 9.59 Å². The second kappa shape index (κ2) is 8.28. The summed E-state index contributed by atoms with van der Waals surface area (Å²) < 4.78 is 9.89. The number of nitrogens with zero attached hydrogens (tertiary/aromatic N) is 1. The third kappa shape index (κ3) is 4.79. The van der Waals surface area contributed by atoms with Gasteiger partial charge in [0, 0.05) is 5.69 Å². The van der Waals surface area contributed by atoms with Crippen molar-refractivity contribution in [2.24, 2.45) is 0 Å². The molecule has 0 unspecified atom stereocenters. The van der Waals surface area contributed by atoms with Crippen LogP contribution in [-0.4, -0.2) is 31.1 Å². The van der Waals surface area contributed by atoms with Crippen LogP contribution in [0.25, 0.3) is 0 Å². The predicted molar refractivity (Wildman–Crippen MR) is 93.5 cm³/mol. The van der Waals surface area contributed by atoms with Crippen molar-refractivity contribution in [3.05, 3.63) is 58.9 Å². The lowest BCUT2D eigenvalue weighted by molar-refractivity contribution is -0.141. The fraction of sp³-hybridized carbons (Fsp3) is 0.316. The van der Waals surface area contributed by atoms with Crippen LogP contribution >= 0.6 is 0 Å². The molecule has 1 N–H and O–H groups in total. The average molecular weight is 342 g/mol. The fourth-order valence-electron chi connectivity index (χ4n) is 2.50. The maximum absolute atomic E-state index is 12.6. The van der Waals surface area contributed by atoms with E-state index in [4.69, 9.17) is 9.47 Å². The number of aromatic nitrogens is 1. The molecular formula is C19H22N2O4. The molecule has 2 aromatic rings. The van der Waals surface area contributed by atoms with Crippen LogP contribution < -0.4 is 10.1 Å². The van der Waals surface area contributed by atoms with E-state index < -0.39 is 12.0 Å². The molecule has 0 aliphatic carbocycles. The van der Waals surface area contributed by atoms with E-state index in [1.807, 2.05) is 19.1 Å². The molecular weight excluding hydrogens is 320 g/mol. The Balaban J connectivity index is 2.25. The van der Waals surface area contributed by atoms with Crippen molar-refractivity contribution in [1.82, 2.24) is 10.3 Å². The minimum Gasteiger partial charge on any atom is -0.497 e. The molecule has 25 heavy (non-hydrogen) atoms. The van der Waals surface area contributed by atoms with E-state index in [-0.39, 0.29) is 12.3 Å². The zero-order valence-corrected chi connectivity index (χ0v) is 14.8. The Bertz CT molecular complexity index is 757. The molecule has 1 aromatic heterocycles. The zero-order chi connectivity index (χ0) is 18.4. The second-order valence-corrected chi connectivity index (χ2v) is 5.67. The number of carbonyl (C=O) groups excluding carboxylic acids is 2. The molecule has 0 aliphatic heterocycles. The van der Waals surface area contributed by atoms with Gasteiger partial charge in [0.2, 0.25) is 0 Å². The zero-order valence-electron chi connectivity index (χ0n) is 14.8. The van der Waals surface area contributed by atoms with E-state index in [0.29, 0.717) is 17.0 Å². The number of amides is 1. The van der Waals surface area contributed by atoms with Crippen molar-refractivity contribution < 1.29 is 19.1 Å². The Morgan fingerprint density at radius 3 is 2.32 bits per heavy atom. The minimum atomic E-state index is -0.508. The average Bonchev–Trinajstić information content (AvgIpc) is 2.60. The largest absolute Gasteiger partial charge is 0.497 e. The van der Waals surface area contributed by atoms with Gasteiger partial charge >= 0.3 is 5.97 Å². The first-order chi connectivity index (χ1) is 11.9. The Morgan fingerprint density at radius 2 is 1.76 bits per heavy atom. The highest BCUT2D eigenvalue weighted by Gasteiger charge is 2.21. The molecule has 1 atom stereocenters. The summed E-state index contributed by atoms with van der Waals surface area (Å²) in [6, 6.07) is 10.2. The quantitative estimate of drug-likeness (QED) is 0.817. The maximum atomic E-state index is 12.6. The van der Waals surface area contributed by atoms with E-state index >= 15 is 0 Å². The molecule has 6 nitrogen and oxygen atoms in total. The fourth-order valence-corrected chi connectivity index (χ4v) is 2.50. The van der Waals surface area contributed by atoms with Crippen molar-refractivity contribution in [3.63, 3.8) is 0 Å². The molecule has 1 heterocycles. The normalized spacial score (nSPS) is 11.5. The lowest BCUT2D eigenvalue weighted by atomic mass is 10.0. The third-order valence-electron chi connectivity index (χ3n) is 3.89. The number of benzene rings is 1. The molecule has 0 radical (unpaired) electrons. The summed E-state index contributed by atoms with van der Waals surface area (Å²) in [6.45, 7) is 3.65. The number of ether oxygens (including phenoxy) is 2. The predicted octanol–water partition coefficient (Wildman–Crippen LogP) is 2.74. The molecule has 1 amide bonds. The van der Waals surface area contributed by atoms with Gasteiger partial charge in [-0.2, -0.15) is 0 Å². The molecule has 0 spiro atoms. The van der Waals surface area contributed by atoms with Gasteiger partial charge in [-0.1, -0.05) is 12.1 Å². The number of carbonyl (C=O) groups is 2. The van der Waals surface area contributed by atoms with Crippen LogP contribution in [0.4, 0.5) is 0 Å². The molecule has 132 valence electrons. The summed E-state index contributed by atoms with van der Waals surface area (Å²) in [5.41, 5.74) is 2.76. The van der Waals surface area contributed by atoms with Crippen LogP contribution in [0.1, 0.15) is 39.8 Å². The van der Waals surface area contributed by atoms with Crippen LogP contribution in [-0.2, 0) is 9.53 Å². The summed E-state index contributed by atoms with van der Waals surface area (Å²) in [7, 11) is 2.90. The lowest BCUT2D eigenvalue weighted by Gasteiger charge is -2.19. The number of esters is 1. The number of nitrogens with one attached hydrogen (secondary N) is 1. The minimum absolute atomic E-state index is 0.0346. The summed E-state index contributed by atoms with van der Waals surface area (Å²) in [5, 5.41) is 2.89. The molecule has 1 aromatic carbocycles. The van der Waals surface area contributed by atoms with E-state index in [0.717, 1.165) is 11.3 Å². The van der Waals surface area contributed by atoms with Gasteiger partial charge in [0.1, 0.15) is 5.75 Å². The number of rotatable bonds is 6. The Morgan fingerprint density at radius 1 is 1.08 bits per heavy atom. The van der Waals surface area contributed by atoms with Gasteiger partial charge in [0.15, 0.2) is 0 Å². The topological polar surface area (TPSA) is 77.5 Å². The highest BCUT2D eigenvalue weighted by atomic mass is 16.5. The van der Waals surface area contributed by atoms with E-state index in [1.165, 1.54) is 7.11 Å². The smallest absolute Gasteiger partial charge is 0.307 e. The molecule has 0 fully saturated rings. The van der Waals surface area contributed by atoms with Gasteiger partial charge < -0.3 is 14.8 Å². The van der Waals surface area contributed by atoms with E-state index in [1.54, 1.807) is 38.3 Å². The summed E-state index contributed by atoms with van der Waals surface area (Å²) in [4.78, 5) is 28.7. The number of methoxy groups -OCH3 is 2. The van der Waals surface area contributed by atoms with Gasteiger partial charge in [-0.05, 0) is 43.7 Å². The van der Waals surface area contributed by atoms with Gasteiger partial charge in [-0.15, -0.1) is 0 Å². The molecule has 2 rings (SSSR count). The number of hydrogen-bond donors (Lipinski definition) is 1. The summed E-state index contributed by atoms with van der Waals surface area (Å²) >= 11 is 0. The molecule has 0 saturated carbocycles. The number of aryl methyl sites for hydroxylation is 2. The number of pyridine rings is 1. The van der Waals surface area contributed by atoms with Crippen LogP contribution in [0, 0.1) is 13.8 Å². The van der Waals surface area contributed by atoms with Crippen molar-refractivity contribution in [2.75, 3.05) is 14.2 Å². The first-order valence-corrected chi connectivity index (χ1v) is 7.90. The van der Waals surface area contributed by atoms with Crippen LogP contribution in [0.5, 0.6) is 5.75 Å². The maximum Gasteiger partial charge on any atom is 0.307 e. The van der Waals surface area contributed by atoms with Crippen molar-refractivity contribution >= 4 is 11.9 Å². The summed E-state index contributed by atoms with van der Waals surface area (Å²) in [5.74, 6) is 0.0139. The van der Waals surface area contributed by atoms with Gasteiger partial charge in [-0.3, -0.25) is 14.6 Å². The van der Waals surface area contributed by atoms with Crippen molar-refractivity contribution in [2.45, 2.75) is 26.3 Å². The Labute approximate surface area is 147 Å². The van der Waals surface area contributed by atoms with Gasteiger partial charge in [0.05, 0.1) is 37.9 Å². The highest BCUT2D eigenvalue weighted by molar-refractivity contribution is 5.95. The first-order valence-electron chi connectivity index (χ1n) is 7.90. The Hall–Kier alpha value is -2.89. The molecule has 6 heteroatoms. The third-order valence-corrected chi connectivity index (χ3v) is 3.89. The van der Waals surface area contributed by atoms with Crippen molar-refractivity contribution in [1.29, 1.82) is 0 Å².